The highest BCUT2D eigenvalue weighted by Crippen LogP contribution is 2.25. The number of piperazine rings is 1. The molecule has 0 aliphatic carbocycles. The molecule has 0 radical (unpaired) electrons. The van der Waals surface area contributed by atoms with Crippen LogP contribution in [0.15, 0.2) is 18.2 Å². The van der Waals surface area contributed by atoms with Crippen LogP contribution in [0.1, 0.15) is 32.3 Å². The predicted octanol–water partition coefficient (Wildman–Crippen LogP) is 2.64. The van der Waals surface area contributed by atoms with Crippen molar-refractivity contribution in [1.29, 1.82) is 0 Å². The number of amides is 1. The first-order valence-corrected chi connectivity index (χ1v) is 9.06. The van der Waals surface area contributed by atoms with E-state index in [1.165, 1.54) is 11.3 Å². The Morgan fingerprint density at radius 3 is 2.58 bits per heavy atom. The van der Waals surface area contributed by atoms with Crippen molar-refractivity contribution in [2.75, 3.05) is 43.0 Å². The van der Waals surface area contributed by atoms with Gasteiger partial charge in [-0.25, -0.2) is 0 Å². The summed E-state index contributed by atoms with van der Waals surface area (Å²) in [5.74, 6) is -0.0197. The zero-order valence-corrected chi connectivity index (χ0v) is 15.0. The van der Waals surface area contributed by atoms with Gasteiger partial charge in [-0.2, -0.15) is 0 Å². The van der Waals surface area contributed by atoms with Crippen LogP contribution in [0.3, 0.4) is 0 Å². The zero-order valence-electron chi connectivity index (χ0n) is 15.0. The highest BCUT2D eigenvalue weighted by Gasteiger charge is 2.24. The lowest BCUT2D eigenvalue weighted by Gasteiger charge is -2.38. The molecule has 24 heavy (non-hydrogen) atoms. The second-order valence-corrected chi connectivity index (χ2v) is 7.16. The number of benzene rings is 1. The van der Waals surface area contributed by atoms with E-state index in [1.807, 2.05) is 6.07 Å². The fourth-order valence-corrected chi connectivity index (χ4v) is 3.52. The molecule has 1 N–H and O–H groups in total. The third-order valence-corrected chi connectivity index (χ3v) is 4.96. The quantitative estimate of drug-likeness (QED) is 0.921. The molecule has 2 fully saturated rings. The average Bonchev–Trinajstić information content (AvgIpc) is 3.09. The van der Waals surface area contributed by atoms with Gasteiger partial charge in [0.2, 0.25) is 0 Å². The molecule has 2 heterocycles. The number of carbonyl (C=O) groups is 1. The molecule has 0 saturated carbocycles. The number of carbonyl (C=O) groups excluding carboxylic acids is 1. The van der Waals surface area contributed by atoms with E-state index < -0.39 is 0 Å². The van der Waals surface area contributed by atoms with Crippen molar-refractivity contribution < 1.29 is 9.53 Å². The van der Waals surface area contributed by atoms with Crippen molar-refractivity contribution in [3.05, 3.63) is 23.8 Å². The summed E-state index contributed by atoms with van der Waals surface area (Å²) in [5, 5.41) is 3.03. The van der Waals surface area contributed by atoms with Gasteiger partial charge in [0, 0.05) is 50.2 Å². The molecular weight excluding hydrogens is 302 g/mol. The summed E-state index contributed by atoms with van der Waals surface area (Å²) >= 11 is 0. The Kier molecular flexibility index (Phi) is 5.41. The summed E-state index contributed by atoms with van der Waals surface area (Å²) in [6.07, 6.45) is 1.50. The maximum Gasteiger partial charge on any atom is 0.253 e. The minimum absolute atomic E-state index is 0.0197. The largest absolute Gasteiger partial charge is 0.369 e. The first-order chi connectivity index (χ1) is 11.5. The molecule has 5 nitrogen and oxygen atoms in total. The first kappa shape index (κ1) is 17.2. The van der Waals surface area contributed by atoms with Gasteiger partial charge in [-0.05, 0) is 57.4 Å². The second kappa shape index (κ2) is 7.53. The van der Waals surface area contributed by atoms with Crippen molar-refractivity contribution in [2.45, 2.75) is 45.8 Å². The Labute approximate surface area is 145 Å². The van der Waals surface area contributed by atoms with Crippen LogP contribution in [0, 0.1) is 6.92 Å². The van der Waals surface area contributed by atoms with Crippen molar-refractivity contribution in [2.24, 2.45) is 0 Å². The van der Waals surface area contributed by atoms with Crippen molar-refractivity contribution >= 4 is 17.3 Å². The van der Waals surface area contributed by atoms with E-state index in [0.29, 0.717) is 12.6 Å². The number of anilines is 2. The summed E-state index contributed by atoms with van der Waals surface area (Å²) in [6.45, 7) is 11.5. The SMILES string of the molecule is Cc1cc(NC(=O)[C@@H]2CCCO2)cc(N2CCN(C(C)C)CC2)c1. The van der Waals surface area contributed by atoms with Crippen LogP contribution in [0.4, 0.5) is 11.4 Å². The number of hydrogen-bond acceptors (Lipinski definition) is 4. The monoisotopic (exact) mass is 331 g/mol. The topological polar surface area (TPSA) is 44.8 Å². The van der Waals surface area contributed by atoms with E-state index >= 15 is 0 Å². The van der Waals surface area contributed by atoms with E-state index in [4.69, 9.17) is 4.74 Å². The van der Waals surface area contributed by atoms with Crippen LogP contribution < -0.4 is 10.2 Å². The first-order valence-electron chi connectivity index (χ1n) is 9.06. The molecular formula is C19H29N3O2. The van der Waals surface area contributed by atoms with Gasteiger partial charge >= 0.3 is 0 Å². The maximum atomic E-state index is 12.3. The van der Waals surface area contributed by atoms with Gasteiger partial charge in [0.1, 0.15) is 6.10 Å². The van der Waals surface area contributed by atoms with E-state index in [1.54, 1.807) is 0 Å². The summed E-state index contributed by atoms with van der Waals surface area (Å²) in [6, 6.07) is 6.92. The second-order valence-electron chi connectivity index (χ2n) is 7.16. The van der Waals surface area contributed by atoms with Crippen LogP contribution in [-0.4, -0.2) is 55.7 Å². The highest BCUT2D eigenvalue weighted by molar-refractivity contribution is 5.94. The van der Waals surface area contributed by atoms with Gasteiger partial charge in [-0.3, -0.25) is 9.69 Å². The van der Waals surface area contributed by atoms with Crippen LogP contribution >= 0.6 is 0 Å². The highest BCUT2D eigenvalue weighted by atomic mass is 16.5. The smallest absolute Gasteiger partial charge is 0.253 e. The van der Waals surface area contributed by atoms with Crippen molar-refractivity contribution in [3.8, 4) is 0 Å². The minimum atomic E-state index is -0.288. The summed E-state index contributed by atoms with van der Waals surface area (Å²) in [7, 11) is 0. The molecule has 2 saturated heterocycles. The van der Waals surface area contributed by atoms with Gasteiger partial charge in [0.15, 0.2) is 0 Å². The van der Waals surface area contributed by atoms with Gasteiger partial charge in [-0.15, -0.1) is 0 Å². The molecule has 132 valence electrons. The van der Waals surface area contributed by atoms with Crippen LogP contribution in [0.25, 0.3) is 0 Å². The Morgan fingerprint density at radius 2 is 1.96 bits per heavy atom. The molecule has 3 rings (SSSR count). The summed E-state index contributed by atoms with van der Waals surface area (Å²) in [4.78, 5) is 17.2. The minimum Gasteiger partial charge on any atom is -0.369 e. The number of aryl methyl sites for hydroxylation is 1. The molecule has 1 amide bonds. The Hall–Kier alpha value is -1.59. The Balaban J connectivity index is 1.66. The van der Waals surface area contributed by atoms with E-state index in [-0.39, 0.29) is 12.0 Å². The molecule has 0 unspecified atom stereocenters. The number of ether oxygens (including phenoxy) is 1. The standard InChI is InChI=1S/C19H29N3O2/c1-14(2)21-6-8-22(9-7-21)17-12-15(3)11-16(13-17)20-19(23)18-5-4-10-24-18/h11-14,18H,4-10H2,1-3H3,(H,20,23)/t18-/m0/s1. The van der Waals surface area contributed by atoms with Crippen LogP contribution in [0.5, 0.6) is 0 Å². The van der Waals surface area contributed by atoms with Crippen molar-refractivity contribution in [3.63, 3.8) is 0 Å². The molecule has 0 aromatic heterocycles. The fraction of sp³-hybridized carbons (Fsp3) is 0.632. The average molecular weight is 331 g/mol. The number of hydrogen-bond donors (Lipinski definition) is 1. The lowest BCUT2D eigenvalue weighted by Crippen LogP contribution is -2.48. The van der Waals surface area contributed by atoms with Crippen LogP contribution in [0.2, 0.25) is 0 Å². The van der Waals surface area contributed by atoms with Gasteiger partial charge < -0.3 is 15.0 Å². The van der Waals surface area contributed by atoms with Crippen LogP contribution in [-0.2, 0) is 9.53 Å². The number of nitrogens with zero attached hydrogens (tertiary/aromatic N) is 2. The normalized spacial score (nSPS) is 22.2. The molecule has 1 aromatic carbocycles. The van der Waals surface area contributed by atoms with E-state index in [0.717, 1.165) is 44.7 Å². The molecule has 5 heteroatoms. The molecule has 0 bridgehead atoms. The lowest BCUT2D eigenvalue weighted by molar-refractivity contribution is -0.124. The van der Waals surface area contributed by atoms with Gasteiger partial charge in [0.05, 0.1) is 0 Å². The maximum absolute atomic E-state index is 12.3. The molecule has 0 spiro atoms. The molecule has 2 aliphatic heterocycles. The molecule has 2 aliphatic rings. The third kappa shape index (κ3) is 4.08. The summed E-state index contributed by atoms with van der Waals surface area (Å²) < 4.78 is 5.47. The lowest BCUT2D eigenvalue weighted by atomic mass is 10.1. The number of rotatable bonds is 4. The van der Waals surface area contributed by atoms with Crippen molar-refractivity contribution in [1.82, 2.24) is 4.90 Å². The van der Waals surface area contributed by atoms with E-state index in [2.05, 4.69) is 48.0 Å². The fourth-order valence-electron chi connectivity index (χ4n) is 3.52. The third-order valence-electron chi connectivity index (χ3n) is 4.96. The van der Waals surface area contributed by atoms with Gasteiger partial charge in [-0.1, -0.05) is 0 Å². The Morgan fingerprint density at radius 1 is 1.21 bits per heavy atom. The molecule has 1 aromatic rings. The summed E-state index contributed by atoms with van der Waals surface area (Å²) in [5.41, 5.74) is 3.24. The van der Waals surface area contributed by atoms with E-state index in [9.17, 15) is 4.79 Å². The van der Waals surface area contributed by atoms with Gasteiger partial charge in [0.25, 0.3) is 5.91 Å². The molecule has 1 atom stereocenters. The Bertz CT molecular complexity index is 574. The predicted molar refractivity (Wildman–Crippen MR) is 97.7 cm³/mol. The number of nitrogens with one attached hydrogen (secondary N) is 1. The zero-order chi connectivity index (χ0) is 17.1.